The van der Waals surface area contributed by atoms with Gasteiger partial charge in [0.25, 0.3) is 5.69 Å². The molecule has 0 aromatic heterocycles. The number of benzene rings is 1. The number of thiol groups is 1. The Morgan fingerprint density at radius 1 is 1.50 bits per heavy atom. The standard InChI is InChI=1S/C12H15N3O4S/c1-14(9-13-6-7-20)12(16)19-8-10-2-4-11(5-3-10)15(17)18/h2-5,9,20H,6-8H2,1H3. The molecule has 0 bridgehead atoms. The zero-order valence-electron chi connectivity index (χ0n) is 10.9. The molecule has 0 saturated heterocycles. The molecule has 1 aromatic rings. The van der Waals surface area contributed by atoms with E-state index >= 15 is 0 Å². The van der Waals surface area contributed by atoms with E-state index in [-0.39, 0.29) is 12.3 Å². The van der Waals surface area contributed by atoms with Crippen molar-refractivity contribution in [1.29, 1.82) is 0 Å². The summed E-state index contributed by atoms with van der Waals surface area (Å²) in [5.74, 6) is 0.599. The number of hydrogen-bond donors (Lipinski definition) is 1. The lowest BCUT2D eigenvalue weighted by atomic mass is 10.2. The van der Waals surface area contributed by atoms with Crippen molar-refractivity contribution in [3.8, 4) is 0 Å². The van der Waals surface area contributed by atoms with Crippen LogP contribution in [0, 0.1) is 10.1 Å². The predicted octanol–water partition coefficient (Wildman–Crippen LogP) is 2.12. The van der Waals surface area contributed by atoms with Gasteiger partial charge in [0, 0.05) is 31.5 Å². The van der Waals surface area contributed by atoms with Crippen LogP contribution >= 0.6 is 12.6 Å². The first-order valence-corrected chi connectivity index (χ1v) is 6.41. The Labute approximate surface area is 121 Å². The fourth-order valence-electron chi connectivity index (χ4n) is 1.25. The summed E-state index contributed by atoms with van der Waals surface area (Å²) in [4.78, 5) is 26.7. The number of carbonyl (C=O) groups excluding carboxylic acids is 1. The third-order valence-corrected chi connectivity index (χ3v) is 2.48. The van der Waals surface area contributed by atoms with E-state index in [1.165, 1.54) is 30.4 Å². The summed E-state index contributed by atoms with van der Waals surface area (Å²) >= 11 is 3.99. The zero-order chi connectivity index (χ0) is 15.0. The van der Waals surface area contributed by atoms with Gasteiger partial charge in [-0.3, -0.25) is 20.0 Å². The molecule has 0 fully saturated rings. The lowest BCUT2D eigenvalue weighted by Crippen LogP contribution is -2.26. The second-order valence-electron chi connectivity index (χ2n) is 3.83. The highest BCUT2D eigenvalue weighted by molar-refractivity contribution is 7.80. The monoisotopic (exact) mass is 297 g/mol. The van der Waals surface area contributed by atoms with Crippen LogP contribution in [0.15, 0.2) is 29.3 Å². The summed E-state index contributed by atoms with van der Waals surface area (Å²) in [6.45, 7) is 0.560. The van der Waals surface area contributed by atoms with Gasteiger partial charge in [0.2, 0.25) is 0 Å². The number of nitro benzene ring substituents is 1. The van der Waals surface area contributed by atoms with Crippen molar-refractivity contribution in [2.24, 2.45) is 4.99 Å². The molecule has 0 aliphatic carbocycles. The van der Waals surface area contributed by atoms with E-state index in [9.17, 15) is 14.9 Å². The van der Waals surface area contributed by atoms with E-state index in [1.54, 1.807) is 12.1 Å². The first-order chi connectivity index (χ1) is 9.54. The lowest BCUT2D eigenvalue weighted by molar-refractivity contribution is -0.384. The van der Waals surface area contributed by atoms with Gasteiger partial charge < -0.3 is 4.74 Å². The fourth-order valence-corrected chi connectivity index (χ4v) is 1.36. The van der Waals surface area contributed by atoms with Crippen molar-refractivity contribution in [1.82, 2.24) is 4.90 Å². The average molecular weight is 297 g/mol. The van der Waals surface area contributed by atoms with Crippen molar-refractivity contribution in [3.05, 3.63) is 39.9 Å². The van der Waals surface area contributed by atoms with Gasteiger partial charge >= 0.3 is 6.09 Å². The van der Waals surface area contributed by atoms with Crippen LogP contribution in [0.2, 0.25) is 0 Å². The quantitative estimate of drug-likeness (QED) is 0.286. The molecular weight excluding hydrogens is 282 g/mol. The van der Waals surface area contributed by atoms with Gasteiger partial charge in [0.1, 0.15) is 6.61 Å². The molecule has 20 heavy (non-hydrogen) atoms. The second kappa shape index (κ2) is 8.16. The minimum absolute atomic E-state index is 0.00363. The zero-order valence-corrected chi connectivity index (χ0v) is 11.8. The molecule has 0 aliphatic heterocycles. The Hall–Kier alpha value is -2.09. The number of nitro groups is 1. The van der Waals surface area contributed by atoms with Gasteiger partial charge in [-0.25, -0.2) is 4.79 Å². The number of carbonyl (C=O) groups is 1. The van der Waals surface area contributed by atoms with Crippen LogP contribution in [-0.4, -0.2) is 41.6 Å². The average Bonchev–Trinajstić information content (AvgIpc) is 2.45. The molecule has 1 rings (SSSR count). The third-order valence-electron chi connectivity index (χ3n) is 2.28. The topological polar surface area (TPSA) is 85.0 Å². The van der Waals surface area contributed by atoms with E-state index in [0.717, 1.165) is 0 Å². The summed E-state index contributed by atoms with van der Waals surface area (Å²) in [6, 6.07) is 5.81. The Morgan fingerprint density at radius 2 is 2.15 bits per heavy atom. The summed E-state index contributed by atoms with van der Waals surface area (Å²) in [5, 5.41) is 10.5. The number of non-ortho nitro benzene ring substituents is 1. The maximum absolute atomic E-state index is 11.6. The first-order valence-electron chi connectivity index (χ1n) is 5.78. The SMILES string of the molecule is CN(C=NCCS)C(=O)OCc1ccc([N+](=O)[O-])cc1. The number of nitrogens with zero attached hydrogens (tertiary/aromatic N) is 3. The molecule has 8 heteroatoms. The van der Waals surface area contributed by atoms with Crippen LogP contribution in [0.4, 0.5) is 10.5 Å². The molecule has 1 aromatic carbocycles. The Kier molecular flexibility index (Phi) is 6.51. The molecule has 1 amide bonds. The van der Waals surface area contributed by atoms with Crippen molar-refractivity contribution in [3.63, 3.8) is 0 Å². The van der Waals surface area contributed by atoms with E-state index in [1.807, 2.05) is 0 Å². The smallest absolute Gasteiger partial charge is 0.415 e. The van der Waals surface area contributed by atoms with Crippen LogP contribution in [0.1, 0.15) is 5.56 Å². The highest BCUT2D eigenvalue weighted by Crippen LogP contribution is 2.12. The maximum atomic E-state index is 11.6. The Bertz CT molecular complexity index is 490. The van der Waals surface area contributed by atoms with Crippen molar-refractivity contribution < 1.29 is 14.5 Å². The summed E-state index contributed by atoms with van der Waals surface area (Å²) in [5.41, 5.74) is 0.667. The van der Waals surface area contributed by atoms with Crippen LogP contribution in [-0.2, 0) is 11.3 Å². The minimum Gasteiger partial charge on any atom is -0.444 e. The highest BCUT2D eigenvalue weighted by Gasteiger charge is 2.09. The van der Waals surface area contributed by atoms with Crippen molar-refractivity contribution >= 4 is 30.7 Å². The number of amides is 1. The molecule has 0 radical (unpaired) electrons. The number of rotatable bonds is 6. The fraction of sp³-hybridized carbons (Fsp3) is 0.333. The van der Waals surface area contributed by atoms with E-state index in [4.69, 9.17) is 4.74 Å². The maximum Gasteiger partial charge on any atom is 0.415 e. The van der Waals surface area contributed by atoms with Crippen LogP contribution < -0.4 is 0 Å². The van der Waals surface area contributed by atoms with Crippen molar-refractivity contribution in [2.45, 2.75) is 6.61 Å². The van der Waals surface area contributed by atoms with Crippen molar-refractivity contribution in [2.75, 3.05) is 19.3 Å². The molecule has 0 spiro atoms. The number of aliphatic imine (C=N–C) groups is 1. The number of hydrogen-bond acceptors (Lipinski definition) is 6. The van der Waals surface area contributed by atoms with Crippen LogP contribution in [0.3, 0.4) is 0 Å². The summed E-state index contributed by atoms with van der Waals surface area (Å²) in [7, 11) is 1.53. The van der Waals surface area contributed by atoms with E-state index < -0.39 is 11.0 Å². The molecule has 0 heterocycles. The Balaban J connectivity index is 2.46. The highest BCUT2D eigenvalue weighted by atomic mass is 32.1. The molecule has 0 aliphatic rings. The minimum atomic E-state index is -0.550. The summed E-state index contributed by atoms with van der Waals surface area (Å²) < 4.78 is 5.03. The molecule has 0 saturated carbocycles. The molecule has 0 unspecified atom stereocenters. The largest absolute Gasteiger partial charge is 0.444 e. The van der Waals surface area contributed by atoms with E-state index in [2.05, 4.69) is 17.6 Å². The third kappa shape index (κ3) is 5.27. The van der Waals surface area contributed by atoms with Crippen LogP contribution in [0.25, 0.3) is 0 Å². The van der Waals surface area contributed by atoms with Gasteiger partial charge in [0.15, 0.2) is 0 Å². The lowest BCUT2D eigenvalue weighted by Gasteiger charge is -2.11. The second-order valence-corrected chi connectivity index (χ2v) is 4.28. The molecule has 7 nitrogen and oxygen atoms in total. The van der Waals surface area contributed by atoms with Gasteiger partial charge in [-0.05, 0) is 17.7 Å². The van der Waals surface area contributed by atoms with Gasteiger partial charge in [-0.2, -0.15) is 12.6 Å². The van der Waals surface area contributed by atoms with Gasteiger partial charge in [0.05, 0.1) is 11.3 Å². The molecule has 0 N–H and O–H groups in total. The normalized spacial score (nSPS) is 10.5. The molecule has 108 valence electrons. The molecule has 0 atom stereocenters. The summed E-state index contributed by atoms with van der Waals surface area (Å²) in [6.07, 6.45) is 0.820. The first kappa shape index (κ1) is 16.0. The predicted molar refractivity (Wildman–Crippen MR) is 78.3 cm³/mol. The Morgan fingerprint density at radius 3 is 2.70 bits per heavy atom. The van der Waals surface area contributed by atoms with E-state index in [0.29, 0.717) is 17.9 Å². The number of ether oxygens (including phenoxy) is 1. The van der Waals surface area contributed by atoms with Gasteiger partial charge in [-0.15, -0.1) is 0 Å². The molecular formula is C12H15N3O4S. The van der Waals surface area contributed by atoms with Crippen LogP contribution in [0.5, 0.6) is 0 Å². The van der Waals surface area contributed by atoms with Gasteiger partial charge in [-0.1, -0.05) is 0 Å².